The molecule has 2 aliphatic heterocycles. The maximum Gasteiger partial charge on any atom is 0.420 e. The molecule has 5 aromatic rings. The van der Waals surface area contributed by atoms with Crippen LogP contribution in [-0.2, 0) is 9.59 Å². The zero-order valence-corrected chi connectivity index (χ0v) is 32.7. The molecule has 58 heavy (non-hydrogen) atoms. The van der Waals surface area contributed by atoms with E-state index in [1.54, 1.807) is 24.5 Å². The van der Waals surface area contributed by atoms with Gasteiger partial charge in [-0.3, -0.25) is 29.1 Å². The van der Waals surface area contributed by atoms with Crippen LogP contribution in [0.3, 0.4) is 0 Å². The molecule has 4 aliphatic rings. The van der Waals surface area contributed by atoms with Crippen molar-refractivity contribution in [1.82, 2.24) is 28.7 Å². The van der Waals surface area contributed by atoms with Crippen LogP contribution in [-0.4, -0.2) is 73.1 Å². The van der Waals surface area contributed by atoms with Crippen LogP contribution in [0.4, 0.5) is 10.1 Å². The number of carbonyl (C=O) groups is 3. The molecule has 0 bridgehead atoms. The van der Waals surface area contributed by atoms with Gasteiger partial charge in [0.05, 0.1) is 28.9 Å². The summed E-state index contributed by atoms with van der Waals surface area (Å²) in [6.07, 6.45) is 11.0. The lowest BCUT2D eigenvalue weighted by Crippen LogP contribution is -2.43. The number of piperidine rings is 2. The van der Waals surface area contributed by atoms with E-state index in [2.05, 4.69) is 15.5 Å². The number of pyridine rings is 2. The number of imide groups is 1. The van der Waals surface area contributed by atoms with E-state index < -0.39 is 41.4 Å². The molecular formula is C43H48FN7O7. The molecule has 4 fully saturated rings. The molecule has 15 heteroatoms. The van der Waals surface area contributed by atoms with Crippen LogP contribution in [0.2, 0.25) is 0 Å². The van der Waals surface area contributed by atoms with E-state index >= 15 is 0 Å². The molecule has 2 saturated heterocycles. The van der Waals surface area contributed by atoms with Gasteiger partial charge in [0.25, 0.3) is 11.5 Å². The number of imidazole rings is 1. The predicted molar refractivity (Wildman–Crippen MR) is 213 cm³/mol. The SMILES string of the molecule is CC(C)Oc1cc2nc([C@H]3CC[C@H](CN4CCC(c5ccc6c(c5)oc(=O)n6C5CCC(=O)NC5=O)CC4)CC3)cn2cc1C(=O)Nc1cccn([C@H]2C[C@H]2F)c1=O. The molecule has 9 rings (SSSR count). The maximum atomic E-state index is 13.7. The number of amides is 3. The normalized spacial score (nSPS) is 24.4. The third kappa shape index (κ3) is 7.47. The summed E-state index contributed by atoms with van der Waals surface area (Å²) in [5.41, 5.74) is 3.77. The topological polar surface area (TPSA) is 162 Å². The van der Waals surface area contributed by atoms with Gasteiger partial charge >= 0.3 is 5.76 Å². The van der Waals surface area contributed by atoms with Crippen LogP contribution < -0.4 is 26.7 Å². The molecule has 0 radical (unpaired) electrons. The number of oxazole rings is 1. The lowest BCUT2D eigenvalue weighted by atomic mass is 9.80. The summed E-state index contributed by atoms with van der Waals surface area (Å²) in [6, 6.07) is 9.54. The van der Waals surface area contributed by atoms with Crippen LogP contribution in [0.5, 0.6) is 5.75 Å². The molecule has 4 aromatic heterocycles. The van der Waals surface area contributed by atoms with Crippen molar-refractivity contribution in [3.63, 3.8) is 0 Å². The highest BCUT2D eigenvalue weighted by atomic mass is 19.1. The fourth-order valence-corrected chi connectivity index (χ4v) is 9.24. The van der Waals surface area contributed by atoms with Crippen LogP contribution >= 0.6 is 0 Å². The molecular weight excluding hydrogens is 746 g/mol. The summed E-state index contributed by atoms with van der Waals surface area (Å²) >= 11 is 0. The van der Waals surface area contributed by atoms with Crippen molar-refractivity contribution in [2.24, 2.45) is 5.92 Å². The molecule has 2 N–H and O–H groups in total. The molecule has 304 valence electrons. The van der Waals surface area contributed by atoms with E-state index in [4.69, 9.17) is 14.1 Å². The first kappa shape index (κ1) is 38.0. The summed E-state index contributed by atoms with van der Waals surface area (Å²) in [5, 5.41) is 5.06. The standard InChI is InChI=1S/C43H48FN7O7/c1-24(2)57-36-20-38-45-32(23-49(38)22-29(36)40(53)46-31-4-3-15-50(42(31)55)35-19-30(35)44)27-7-5-25(6-8-27)21-48-16-13-26(14-17-48)28-9-10-33-37(18-28)58-43(56)51(33)34-11-12-39(52)47-41(34)54/h3-4,9-10,15,18,20,22-27,30,34-35H,5-8,11-14,16-17,19,21H2,1-2H3,(H,46,53)(H,47,52,54)/t25-,27-,30-,34?,35+/m1/s1. The fourth-order valence-electron chi connectivity index (χ4n) is 9.24. The third-order valence-corrected chi connectivity index (χ3v) is 12.4. The Morgan fingerprint density at radius 3 is 2.50 bits per heavy atom. The number of hydrogen-bond donors (Lipinski definition) is 2. The molecule has 2 saturated carbocycles. The van der Waals surface area contributed by atoms with Crippen molar-refractivity contribution in [3.05, 3.63) is 92.7 Å². The Hall–Kier alpha value is -5.57. The van der Waals surface area contributed by atoms with Crippen LogP contribution in [0.1, 0.15) is 117 Å². The molecule has 3 amide bonds. The van der Waals surface area contributed by atoms with Gasteiger partial charge in [-0.1, -0.05) is 6.07 Å². The Balaban J connectivity index is 0.807. The second-order valence-corrected chi connectivity index (χ2v) is 16.8. The number of nitrogens with one attached hydrogen (secondary N) is 2. The summed E-state index contributed by atoms with van der Waals surface area (Å²) in [7, 11) is 0. The van der Waals surface area contributed by atoms with Gasteiger partial charge in [0.1, 0.15) is 29.3 Å². The summed E-state index contributed by atoms with van der Waals surface area (Å²) in [4.78, 5) is 71.1. The highest BCUT2D eigenvalue weighted by molar-refractivity contribution is 6.06. The summed E-state index contributed by atoms with van der Waals surface area (Å²) in [5.74, 6) is -0.246. The summed E-state index contributed by atoms with van der Waals surface area (Å²) in [6.45, 7) is 6.82. The van der Waals surface area contributed by atoms with Crippen molar-refractivity contribution in [2.45, 2.75) is 108 Å². The van der Waals surface area contributed by atoms with Crippen molar-refractivity contribution < 1.29 is 27.9 Å². The fraction of sp³-hybridized carbons (Fsp3) is 0.488. The van der Waals surface area contributed by atoms with E-state index in [0.29, 0.717) is 46.7 Å². The van der Waals surface area contributed by atoms with Crippen molar-refractivity contribution in [1.29, 1.82) is 0 Å². The highest BCUT2D eigenvalue weighted by Gasteiger charge is 2.40. The maximum absolute atomic E-state index is 13.7. The van der Waals surface area contributed by atoms with Crippen LogP contribution in [0.25, 0.3) is 16.7 Å². The average molecular weight is 794 g/mol. The van der Waals surface area contributed by atoms with Gasteiger partial charge in [0, 0.05) is 50.0 Å². The minimum atomic E-state index is -1.05. The Labute approximate surface area is 333 Å². The smallest absolute Gasteiger partial charge is 0.420 e. The molecule has 2 aliphatic carbocycles. The lowest BCUT2D eigenvalue weighted by Gasteiger charge is -2.36. The Morgan fingerprint density at radius 2 is 1.78 bits per heavy atom. The van der Waals surface area contributed by atoms with E-state index in [-0.39, 0.29) is 36.1 Å². The number of aromatic nitrogens is 4. The van der Waals surface area contributed by atoms with Gasteiger partial charge in [0.2, 0.25) is 11.8 Å². The number of ether oxygens (including phenoxy) is 1. The number of likely N-dealkylation sites (tertiary alicyclic amines) is 1. The number of carbonyl (C=O) groups excluding carboxylic acids is 3. The van der Waals surface area contributed by atoms with E-state index in [1.165, 1.54) is 15.2 Å². The predicted octanol–water partition coefficient (Wildman–Crippen LogP) is 5.86. The molecule has 0 spiro atoms. The summed E-state index contributed by atoms with van der Waals surface area (Å²) < 4.78 is 30.0. The number of rotatable bonds is 10. The minimum Gasteiger partial charge on any atom is -0.490 e. The van der Waals surface area contributed by atoms with Crippen molar-refractivity contribution >= 4 is 40.2 Å². The molecule has 6 heterocycles. The lowest BCUT2D eigenvalue weighted by molar-refractivity contribution is -0.135. The number of anilines is 1. The Morgan fingerprint density at radius 1 is 1.00 bits per heavy atom. The highest BCUT2D eigenvalue weighted by Crippen LogP contribution is 2.39. The molecule has 1 unspecified atom stereocenters. The number of nitrogens with zero attached hydrogens (tertiary/aromatic N) is 5. The monoisotopic (exact) mass is 793 g/mol. The molecule has 14 nitrogen and oxygen atoms in total. The van der Waals surface area contributed by atoms with Crippen LogP contribution in [0.15, 0.2) is 69.0 Å². The van der Waals surface area contributed by atoms with Gasteiger partial charge in [0.15, 0.2) is 5.58 Å². The van der Waals surface area contributed by atoms with Crippen LogP contribution in [0, 0.1) is 5.92 Å². The molecule has 1 aromatic carbocycles. The van der Waals surface area contributed by atoms with Crippen molar-refractivity contribution in [2.75, 3.05) is 25.0 Å². The number of hydrogen-bond acceptors (Lipinski definition) is 9. The quantitative estimate of drug-likeness (QED) is 0.165. The first-order valence-electron chi connectivity index (χ1n) is 20.6. The van der Waals surface area contributed by atoms with Gasteiger partial charge in [-0.2, -0.15) is 0 Å². The van der Waals surface area contributed by atoms with Gasteiger partial charge in [-0.05, 0) is 114 Å². The number of alkyl halides is 1. The van der Waals surface area contributed by atoms with Gasteiger partial charge < -0.3 is 28.3 Å². The van der Waals surface area contributed by atoms with Gasteiger partial charge in [-0.15, -0.1) is 0 Å². The Kier molecular flexibility index (Phi) is 10.0. The average Bonchev–Trinajstić information content (AvgIpc) is 3.62. The Bertz CT molecular complexity index is 2520. The second-order valence-electron chi connectivity index (χ2n) is 16.8. The number of benzene rings is 1. The molecule has 3 atom stereocenters. The number of fused-ring (bicyclic) bond motifs is 2. The second kappa shape index (κ2) is 15.3. The number of halogens is 1. The zero-order chi connectivity index (χ0) is 40.2. The van der Waals surface area contributed by atoms with Crippen molar-refractivity contribution in [3.8, 4) is 5.75 Å². The van der Waals surface area contributed by atoms with Gasteiger partial charge in [-0.25, -0.2) is 14.2 Å². The largest absolute Gasteiger partial charge is 0.490 e. The first-order valence-corrected chi connectivity index (χ1v) is 20.6. The minimum absolute atomic E-state index is 0.0872. The van der Waals surface area contributed by atoms with E-state index in [0.717, 1.165) is 69.4 Å². The third-order valence-electron chi connectivity index (χ3n) is 12.4. The van der Waals surface area contributed by atoms with E-state index in [1.807, 2.05) is 42.6 Å². The zero-order valence-electron chi connectivity index (χ0n) is 32.7. The first-order chi connectivity index (χ1) is 28.0. The van der Waals surface area contributed by atoms with E-state index in [9.17, 15) is 28.4 Å².